The number of carbonyl (C=O) groups is 2. The lowest BCUT2D eigenvalue weighted by Crippen LogP contribution is -2.40. The number of benzene rings is 1. The molecule has 164 valence electrons. The van der Waals surface area contributed by atoms with Crippen molar-refractivity contribution in [2.75, 3.05) is 0 Å². The summed E-state index contributed by atoms with van der Waals surface area (Å²) in [5, 5.41) is 23.3. The largest absolute Gasteiger partial charge is 0.507 e. The molecule has 0 saturated carbocycles. The molecule has 2 bridgehead atoms. The average molecular weight is 418 g/mol. The molecule has 1 aromatic rings. The first-order chi connectivity index (χ1) is 14.1. The van der Waals surface area contributed by atoms with Gasteiger partial charge in [-0.15, -0.1) is 0 Å². The van der Waals surface area contributed by atoms with E-state index in [0.717, 1.165) is 0 Å². The first-order valence-corrected chi connectivity index (χ1v) is 10.4. The molecule has 0 aliphatic carbocycles. The minimum absolute atomic E-state index is 0.109. The zero-order valence-electron chi connectivity index (χ0n) is 17.8. The van der Waals surface area contributed by atoms with Crippen molar-refractivity contribution in [3.05, 3.63) is 41.6 Å². The quantitative estimate of drug-likeness (QED) is 0.653. The summed E-state index contributed by atoms with van der Waals surface area (Å²) in [6.07, 6.45) is 4.07. The van der Waals surface area contributed by atoms with Crippen molar-refractivity contribution in [3.8, 4) is 5.75 Å². The summed E-state index contributed by atoms with van der Waals surface area (Å²) in [5.41, 5.74) is 0.288. The van der Waals surface area contributed by atoms with Gasteiger partial charge in [0, 0.05) is 18.3 Å². The molecule has 2 aliphatic heterocycles. The Balaban J connectivity index is 1.78. The number of cyclic esters (lactones) is 1. The van der Waals surface area contributed by atoms with Gasteiger partial charge < -0.3 is 25.0 Å². The predicted octanol–water partition coefficient (Wildman–Crippen LogP) is 2.84. The SMILES string of the molecule is CC(C)(C)C(=O)NC=CCC1C[C@H]2C[C@H](O)C[C@H](Cc3cccc(O)c3C(=O)O1)O2. The van der Waals surface area contributed by atoms with Crippen LogP contribution in [0.15, 0.2) is 30.5 Å². The number of phenols is 1. The van der Waals surface area contributed by atoms with Crippen LogP contribution in [-0.2, 0) is 20.7 Å². The van der Waals surface area contributed by atoms with Crippen LogP contribution < -0.4 is 5.32 Å². The smallest absolute Gasteiger partial charge is 0.342 e. The summed E-state index contributed by atoms with van der Waals surface area (Å²) >= 11 is 0. The summed E-state index contributed by atoms with van der Waals surface area (Å²) in [5.74, 6) is -0.805. The van der Waals surface area contributed by atoms with E-state index >= 15 is 0 Å². The Morgan fingerprint density at radius 2 is 1.97 bits per heavy atom. The van der Waals surface area contributed by atoms with E-state index < -0.39 is 23.6 Å². The number of amides is 1. The summed E-state index contributed by atoms with van der Waals surface area (Å²) in [4.78, 5) is 24.8. The average Bonchev–Trinajstić information content (AvgIpc) is 2.63. The van der Waals surface area contributed by atoms with Crippen LogP contribution in [0.4, 0.5) is 0 Å². The van der Waals surface area contributed by atoms with E-state index in [9.17, 15) is 19.8 Å². The lowest BCUT2D eigenvalue weighted by molar-refractivity contribution is -0.127. The van der Waals surface area contributed by atoms with Crippen molar-refractivity contribution in [3.63, 3.8) is 0 Å². The van der Waals surface area contributed by atoms with Crippen LogP contribution in [-0.4, -0.2) is 46.5 Å². The van der Waals surface area contributed by atoms with Crippen LogP contribution in [0.3, 0.4) is 0 Å². The van der Waals surface area contributed by atoms with Gasteiger partial charge in [0.1, 0.15) is 17.4 Å². The fraction of sp³-hybridized carbons (Fsp3) is 0.565. The van der Waals surface area contributed by atoms with Gasteiger partial charge >= 0.3 is 5.97 Å². The number of aliphatic hydroxyl groups excluding tert-OH is 1. The highest BCUT2D eigenvalue weighted by molar-refractivity contribution is 5.94. The first-order valence-electron chi connectivity index (χ1n) is 10.4. The zero-order valence-corrected chi connectivity index (χ0v) is 17.8. The standard InChI is InChI=1S/C23H31NO6/c1-23(2,3)22(28)24-9-5-7-16-13-18-12-15(25)11-17(29-18)10-14-6-4-8-19(26)20(14)21(27)30-16/h4-6,8-9,15-18,25-26H,7,10-13H2,1-3H3,(H,24,28)/t15-,16?,17+,18-/m1/s1. The Hall–Kier alpha value is -2.38. The molecule has 3 rings (SSSR count). The summed E-state index contributed by atoms with van der Waals surface area (Å²) in [7, 11) is 0. The Morgan fingerprint density at radius 3 is 2.70 bits per heavy atom. The van der Waals surface area contributed by atoms with E-state index in [1.807, 2.05) is 20.8 Å². The van der Waals surface area contributed by atoms with E-state index in [0.29, 0.717) is 37.7 Å². The molecule has 0 spiro atoms. The topological polar surface area (TPSA) is 105 Å². The van der Waals surface area contributed by atoms with Crippen LogP contribution in [0, 0.1) is 5.41 Å². The number of rotatable bonds is 3. The summed E-state index contributed by atoms with van der Waals surface area (Å²) in [6, 6.07) is 4.92. The van der Waals surface area contributed by atoms with E-state index in [4.69, 9.17) is 9.47 Å². The molecule has 1 amide bonds. The van der Waals surface area contributed by atoms with Crippen molar-refractivity contribution in [2.24, 2.45) is 5.41 Å². The molecule has 30 heavy (non-hydrogen) atoms. The minimum atomic E-state index is -0.569. The molecule has 0 radical (unpaired) electrons. The molecular weight excluding hydrogens is 386 g/mol. The van der Waals surface area contributed by atoms with Gasteiger partial charge in [-0.1, -0.05) is 39.0 Å². The van der Waals surface area contributed by atoms with Gasteiger partial charge in [-0.05, 0) is 37.1 Å². The van der Waals surface area contributed by atoms with Gasteiger partial charge in [-0.3, -0.25) is 4.79 Å². The number of nitrogens with one attached hydrogen (secondary N) is 1. The van der Waals surface area contributed by atoms with E-state index in [2.05, 4.69) is 5.32 Å². The van der Waals surface area contributed by atoms with Crippen LogP contribution in [0.2, 0.25) is 0 Å². The van der Waals surface area contributed by atoms with Crippen molar-refractivity contribution in [1.82, 2.24) is 5.32 Å². The second-order valence-corrected chi connectivity index (χ2v) is 9.15. The zero-order chi connectivity index (χ0) is 21.9. The third-order valence-corrected chi connectivity index (χ3v) is 5.45. The highest BCUT2D eigenvalue weighted by Crippen LogP contribution is 2.32. The number of ether oxygens (including phenoxy) is 2. The predicted molar refractivity (Wildman–Crippen MR) is 111 cm³/mol. The van der Waals surface area contributed by atoms with Crippen molar-refractivity contribution < 1.29 is 29.3 Å². The number of fused-ring (bicyclic) bond motifs is 3. The third kappa shape index (κ3) is 5.61. The number of phenolic OH excluding ortho intramolecular Hbond substituents is 1. The maximum Gasteiger partial charge on any atom is 0.342 e. The van der Waals surface area contributed by atoms with Crippen LogP contribution in [0.25, 0.3) is 0 Å². The third-order valence-electron chi connectivity index (χ3n) is 5.45. The van der Waals surface area contributed by atoms with Gasteiger partial charge in [0.2, 0.25) is 5.91 Å². The molecule has 4 atom stereocenters. The van der Waals surface area contributed by atoms with Gasteiger partial charge in [-0.25, -0.2) is 4.79 Å². The minimum Gasteiger partial charge on any atom is -0.507 e. The fourth-order valence-corrected chi connectivity index (χ4v) is 3.87. The highest BCUT2D eigenvalue weighted by Gasteiger charge is 2.34. The summed E-state index contributed by atoms with van der Waals surface area (Å²) < 4.78 is 11.9. The number of hydrogen-bond donors (Lipinski definition) is 3. The van der Waals surface area contributed by atoms with E-state index in [1.54, 1.807) is 24.4 Å². The monoisotopic (exact) mass is 417 g/mol. The molecule has 1 aromatic carbocycles. The van der Waals surface area contributed by atoms with Crippen molar-refractivity contribution >= 4 is 11.9 Å². The molecule has 7 heteroatoms. The van der Waals surface area contributed by atoms with Gasteiger partial charge in [0.05, 0.1) is 18.3 Å². The van der Waals surface area contributed by atoms with Gasteiger partial charge in [0.15, 0.2) is 0 Å². The lowest BCUT2D eigenvalue weighted by atomic mass is 9.91. The van der Waals surface area contributed by atoms with Crippen LogP contribution in [0.5, 0.6) is 5.75 Å². The summed E-state index contributed by atoms with van der Waals surface area (Å²) in [6.45, 7) is 5.47. The number of carbonyl (C=O) groups excluding carboxylic acids is 2. The Kier molecular flexibility index (Phi) is 6.83. The second kappa shape index (κ2) is 9.18. The lowest BCUT2D eigenvalue weighted by Gasteiger charge is -2.36. The molecule has 1 unspecified atom stereocenters. The molecule has 1 fully saturated rings. The first kappa shape index (κ1) is 22.3. The molecule has 1 saturated heterocycles. The normalized spacial score (nSPS) is 27.3. The Bertz CT molecular complexity index is 812. The van der Waals surface area contributed by atoms with Crippen molar-refractivity contribution in [1.29, 1.82) is 0 Å². The molecule has 0 aromatic heterocycles. The number of hydrogen-bond acceptors (Lipinski definition) is 6. The molecule has 3 N–H and O–H groups in total. The number of aliphatic hydroxyl groups is 1. The number of aromatic hydroxyl groups is 1. The molecule has 7 nitrogen and oxygen atoms in total. The highest BCUT2D eigenvalue weighted by atomic mass is 16.5. The van der Waals surface area contributed by atoms with E-state index in [-0.39, 0.29) is 29.4 Å². The fourth-order valence-electron chi connectivity index (χ4n) is 3.87. The molecular formula is C23H31NO6. The van der Waals surface area contributed by atoms with Crippen LogP contribution in [0.1, 0.15) is 62.4 Å². The maximum absolute atomic E-state index is 12.8. The van der Waals surface area contributed by atoms with E-state index in [1.165, 1.54) is 6.07 Å². The van der Waals surface area contributed by atoms with Crippen LogP contribution >= 0.6 is 0 Å². The molecule has 2 aliphatic rings. The maximum atomic E-state index is 12.8. The van der Waals surface area contributed by atoms with Crippen molar-refractivity contribution in [2.45, 2.75) is 77.3 Å². The Morgan fingerprint density at radius 1 is 1.23 bits per heavy atom. The van der Waals surface area contributed by atoms with Gasteiger partial charge in [0.25, 0.3) is 0 Å². The van der Waals surface area contributed by atoms with Gasteiger partial charge in [-0.2, -0.15) is 0 Å². The Labute approximate surface area is 177 Å². The second-order valence-electron chi connectivity index (χ2n) is 9.15. The molecule has 2 heterocycles. The number of esters is 1.